The number of hydrogen-bond donors (Lipinski definition) is 1. The lowest BCUT2D eigenvalue weighted by Gasteiger charge is -2.46. The lowest BCUT2D eigenvalue weighted by molar-refractivity contribution is -0.0826. The van der Waals surface area contributed by atoms with Crippen LogP contribution >= 0.6 is 0 Å². The van der Waals surface area contributed by atoms with Crippen molar-refractivity contribution in [1.29, 1.82) is 0 Å². The number of benzene rings is 1. The minimum absolute atomic E-state index is 0.0606. The molecule has 1 aliphatic heterocycles. The van der Waals surface area contributed by atoms with E-state index in [0.717, 1.165) is 16.9 Å². The van der Waals surface area contributed by atoms with Gasteiger partial charge in [-0.1, -0.05) is 19.1 Å². The van der Waals surface area contributed by atoms with Gasteiger partial charge >= 0.3 is 0 Å². The Bertz CT molecular complexity index is 714. The van der Waals surface area contributed by atoms with Crippen molar-refractivity contribution in [3.8, 4) is 5.69 Å². The second-order valence-corrected chi connectivity index (χ2v) is 6.13. The summed E-state index contributed by atoms with van der Waals surface area (Å²) in [4.78, 5) is 14.2. The first kappa shape index (κ1) is 14.8. The number of carbonyl (C=O) groups excluding carboxylic acids is 1. The Labute approximate surface area is 130 Å². The zero-order valence-corrected chi connectivity index (χ0v) is 13.2. The molecule has 0 atom stereocenters. The van der Waals surface area contributed by atoms with E-state index in [9.17, 15) is 9.90 Å². The molecule has 116 valence electrons. The molecule has 0 unspecified atom stereocenters. The van der Waals surface area contributed by atoms with Crippen molar-refractivity contribution in [3.05, 3.63) is 47.3 Å². The molecule has 2 aromatic rings. The zero-order valence-electron chi connectivity index (χ0n) is 13.2. The van der Waals surface area contributed by atoms with Crippen molar-refractivity contribution in [3.63, 3.8) is 0 Å². The molecular weight excluding hydrogens is 278 g/mol. The zero-order chi connectivity index (χ0) is 15.9. The first-order valence-corrected chi connectivity index (χ1v) is 7.57. The summed E-state index contributed by atoms with van der Waals surface area (Å²) in [6, 6.07) is 8.01. The number of hydrogen-bond acceptors (Lipinski definition) is 3. The van der Waals surface area contributed by atoms with Crippen LogP contribution in [-0.4, -0.2) is 44.4 Å². The van der Waals surface area contributed by atoms with E-state index < -0.39 is 5.60 Å². The molecule has 1 N–H and O–H groups in total. The number of aliphatic hydroxyl groups is 1. The van der Waals surface area contributed by atoms with Crippen LogP contribution in [0.2, 0.25) is 0 Å². The van der Waals surface area contributed by atoms with Gasteiger partial charge in [-0.15, -0.1) is 0 Å². The highest BCUT2D eigenvalue weighted by atomic mass is 16.3. The summed E-state index contributed by atoms with van der Waals surface area (Å²) in [6.45, 7) is 6.66. The maximum Gasteiger partial charge on any atom is 0.257 e. The number of carbonyl (C=O) groups is 1. The van der Waals surface area contributed by atoms with Crippen LogP contribution in [0.15, 0.2) is 30.5 Å². The molecule has 1 aromatic heterocycles. The summed E-state index contributed by atoms with van der Waals surface area (Å²) in [5.74, 6) is -0.0606. The highest BCUT2D eigenvalue weighted by molar-refractivity contribution is 5.96. The SMILES string of the molecule is CCC1(O)CN(C(=O)c2cnn(-c3cccc(C)c3)c2C)C1. The van der Waals surface area contributed by atoms with Crippen molar-refractivity contribution >= 4 is 5.91 Å². The molecule has 1 amide bonds. The Kier molecular flexibility index (Phi) is 3.53. The van der Waals surface area contributed by atoms with Gasteiger partial charge in [-0.05, 0) is 38.0 Å². The Hall–Kier alpha value is -2.14. The Balaban J connectivity index is 1.84. The van der Waals surface area contributed by atoms with Crippen LogP contribution in [0.5, 0.6) is 0 Å². The molecule has 2 heterocycles. The van der Waals surface area contributed by atoms with Gasteiger partial charge in [0, 0.05) is 0 Å². The summed E-state index contributed by atoms with van der Waals surface area (Å²) in [5.41, 5.74) is 2.80. The van der Waals surface area contributed by atoms with Crippen LogP contribution in [0.3, 0.4) is 0 Å². The van der Waals surface area contributed by atoms with E-state index >= 15 is 0 Å². The number of nitrogens with zero attached hydrogens (tertiary/aromatic N) is 3. The standard InChI is InChI=1S/C17H21N3O2/c1-4-17(22)10-19(11-17)16(21)15-9-18-20(13(15)3)14-7-5-6-12(2)8-14/h5-9,22H,4,10-11H2,1-3H3. The van der Waals surface area contributed by atoms with Gasteiger partial charge in [-0.3, -0.25) is 4.79 Å². The number of rotatable bonds is 3. The smallest absolute Gasteiger partial charge is 0.257 e. The van der Waals surface area contributed by atoms with Gasteiger partial charge in [0.1, 0.15) is 0 Å². The van der Waals surface area contributed by atoms with E-state index in [1.807, 2.05) is 45.0 Å². The van der Waals surface area contributed by atoms with Crippen LogP contribution in [-0.2, 0) is 0 Å². The molecule has 1 aliphatic rings. The van der Waals surface area contributed by atoms with E-state index in [4.69, 9.17) is 0 Å². The van der Waals surface area contributed by atoms with Gasteiger partial charge in [-0.25, -0.2) is 4.68 Å². The third kappa shape index (κ3) is 2.41. The predicted octanol–water partition coefficient (Wildman–Crippen LogP) is 2.09. The molecule has 0 saturated carbocycles. The fourth-order valence-corrected chi connectivity index (χ4v) is 2.84. The lowest BCUT2D eigenvalue weighted by atomic mass is 9.91. The molecule has 5 heteroatoms. The summed E-state index contributed by atoms with van der Waals surface area (Å²) in [6.07, 6.45) is 2.28. The van der Waals surface area contributed by atoms with Crippen LogP contribution in [0, 0.1) is 13.8 Å². The second-order valence-electron chi connectivity index (χ2n) is 6.13. The van der Waals surface area contributed by atoms with E-state index in [-0.39, 0.29) is 5.91 Å². The van der Waals surface area contributed by atoms with Crippen molar-refractivity contribution in [2.75, 3.05) is 13.1 Å². The number of β-amino-alcohol motifs (C(OH)–C–C–N with tert-alkyl or cyclic N) is 1. The first-order valence-electron chi connectivity index (χ1n) is 7.57. The lowest BCUT2D eigenvalue weighted by Crippen LogP contribution is -2.63. The molecule has 0 aliphatic carbocycles. The first-order chi connectivity index (χ1) is 10.4. The van der Waals surface area contributed by atoms with E-state index in [2.05, 4.69) is 5.10 Å². The second kappa shape index (κ2) is 5.25. The van der Waals surface area contributed by atoms with Gasteiger partial charge in [0.15, 0.2) is 0 Å². The third-order valence-electron chi connectivity index (χ3n) is 4.40. The molecule has 3 rings (SSSR count). The molecule has 1 aromatic carbocycles. The highest BCUT2D eigenvalue weighted by Gasteiger charge is 2.42. The van der Waals surface area contributed by atoms with Crippen LogP contribution in [0.1, 0.15) is 35.0 Å². The summed E-state index contributed by atoms with van der Waals surface area (Å²) in [5, 5.41) is 14.4. The third-order valence-corrected chi connectivity index (χ3v) is 4.40. The molecule has 0 radical (unpaired) electrons. The van der Waals surface area contributed by atoms with E-state index in [0.29, 0.717) is 25.1 Å². The van der Waals surface area contributed by atoms with Gasteiger partial charge in [0.05, 0.1) is 41.8 Å². The largest absolute Gasteiger partial charge is 0.386 e. The predicted molar refractivity (Wildman–Crippen MR) is 84.2 cm³/mol. The number of likely N-dealkylation sites (tertiary alicyclic amines) is 1. The fraction of sp³-hybridized carbons (Fsp3) is 0.412. The average molecular weight is 299 g/mol. The topological polar surface area (TPSA) is 58.4 Å². The van der Waals surface area contributed by atoms with E-state index in [1.54, 1.807) is 15.8 Å². The van der Waals surface area contributed by atoms with Crippen LogP contribution in [0.4, 0.5) is 0 Å². The van der Waals surface area contributed by atoms with Crippen molar-refractivity contribution in [2.45, 2.75) is 32.8 Å². The van der Waals surface area contributed by atoms with Gasteiger partial charge < -0.3 is 10.0 Å². The minimum Gasteiger partial charge on any atom is -0.386 e. The molecule has 0 bridgehead atoms. The van der Waals surface area contributed by atoms with Crippen LogP contribution < -0.4 is 0 Å². The Morgan fingerprint density at radius 2 is 2.09 bits per heavy atom. The van der Waals surface area contributed by atoms with Gasteiger partial charge in [0.25, 0.3) is 5.91 Å². The quantitative estimate of drug-likeness (QED) is 0.944. The molecule has 1 fully saturated rings. The van der Waals surface area contributed by atoms with Crippen molar-refractivity contribution in [1.82, 2.24) is 14.7 Å². The van der Waals surface area contributed by atoms with Crippen molar-refractivity contribution in [2.24, 2.45) is 0 Å². The average Bonchev–Trinajstić information content (AvgIpc) is 2.85. The molecule has 5 nitrogen and oxygen atoms in total. The maximum atomic E-state index is 12.5. The number of aryl methyl sites for hydroxylation is 1. The van der Waals surface area contributed by atoms with Gasteiger partial charge in [0.2, 0.25) is 0 Å². The Morgan fingerprint density at radius 3 is 2.73 bits per heavy atom. The van der Waals surface area contributed by atoms with Crippen LogP contribution in [0.25, 0.3) is 5.69 Å². The van der Waals surface area contributed by atoms with Gasteiger partial charge in [-0.2, -0.15) is 5.10 Å². The normalized spacial score (nSPS) is 16.5. The van der Waals surface area contributed by atoms with Crippen molar-refractivity contribution < 1.29 is 9.90 Å². The summed E-state index contributed by atoms with van der Waals surface area (Å²) >= 11 is 0. The molecular formula is C17H21N3O2. The molecule has 0 spiro atoms. The summed E-state index contributed by atoms with van der Waals surface area (Å²) in [7, 11) is 0. The Morgan fingerprint density at radius 1 is 1.36 bits per heavy atom. The maximum absolute atomic E-state index is 12.5. The monoisotopic (exact) mass is 299 g/mol. The van der Waals surface area contributed by atoms with E-state index in [1.165, 1.54) is 0 Å². The summed E-state index contributed by atoms with van der Waals surface area (Å²) < 4.78 is 1.78. The minimum atomic E-state index is -0.712. The molecule has 1 saturated heterocycles. The number of amides is 1. The molecule has 22 heavy (non-hydrogen) atoms. The number of aromatic nitrogens is 2. The highest BCUT2D eigenvalue weighted by Crippen LogP contribution is 2.27. The fourth-order valence-electron chi connectivity index (χ4n) is 2.84.